The van der Waals surface area contributed by atoms with Gasteiger partial charge in [0.2, 0.25) is 5.95 Å². The fourth-order valence-corrected chi connectivity index (χ4v) is 3.62. The van der Waals surface area contributed by atoms with Gasteiger partial charge in [0.1, 0.15) is 18.2 Å². The molecule has 0 unspecified atom stereocenters. The molecule has 2 aromatic rings. The predicted octanol–water partition coefficient (Wildman–Crippen LogP) is 2.72. The normalized spacial score (nSPS) is 20.2. The number of nitrogens with one attached hydrogen (secondary N) is 1. The Hall–Kier alpha value is -2.70. The standard InChI is InChI=1S/C18H20FN5O/c1-12-15(17(25)23-8-3-2-4-9-23)16(13-6-5-7-14(19)10-13)24-18(22-12)20-11-21-24/h5-7,10-11,16H,2-4,8-9H2,1H3,(H,20,21,22)/t16-/m0/s1. The average molecular weight is 341 g/mol. The molecule has 2 aliphatic heterocycles. The maximum Gasteiger partial charge on any atom is 0.254 e. The molecule has 25 heavy (non-hydrogen) atoms. The van der Waals surface area contributed by atoms with Gasteiger partial charge in [0, 0.05) is 18.8 Å². The van der Waals surface area contributed by atoms with Gasteiger partial charge < -0.3 is 10.2 Å². The number of amides is 1. The zero-order valence-electron chi connectivity index (χ0n) is 14.1. The third-order valence-electron chi connectivity index (χ3n) is 4.83. The Labute approximate surface area is 145 Å². The Balaban J connectivity index is 1.80. The van der Waals surface area contributed by atoms with Crippen LogP contribution in [0.5, 0.6) is 0 Å². The van der Waals surface area contributed by atoms with E-state index < -0.39 is 6.04 Å². The first kappa shape index (κ1) is 15.8. The number of likely N-dealkylation sites (tertiary alicyclic amines) is 1. The van der Waals surface area contributed by atoms with Gasteiger partial charge in [0.05, 0.1) is 5.57 Å². The number of hydrogen-bond acceptors (Lipinski definition) is 4. The molecule has 1 fully saturated rings. The Morgan fingerprint density at radius 1 is 1.28 bits per heavy atom. The second-order valence-corrected chi connectivity index (χ2v) is 6.50. The lowest BCUT2D eigenvalue weighted by molar-refractivity contribution is -0.128. The number of rotatable bonds is 2. The monoisotopic (exact) mass is 341 g/mol. The molecule has 1 aromatic carbocycles. The molecular weight excluding hydrogens is 321 g/mol. The molecule has 1 amide bonds. The van der Waals surface area contributed by atoms with Crippen molar-refractivity contribution in [3.8, 4) is 0 Å². The Morgan fingerprint density at radius 2 is 2.08 bits per heavy atom. The first-order chi connectivity index (χ1) is 12.1. The van der Waals surface area contributed by atoms with Crippen molar-refractivity contribution in [3.63, 3.8) is 0 Å². The number of piperidine rings is 1. The maximum absolute atomic E-state index is 13.8. The summed E-state index contributed by atoms with van der Waals surface area (Å²) in [6.45, 7) is 3.38. The molecule has 0 radical (unpaired) electrons. The highest BCUT2D eigenvalue weighted by Crippen LogP contribution is 2.36. The lowest BCUT2D eigenvalue weighted by atomic mass is 9.94. The van der Waals surface area contributed by atoms with Gasteiger partial charge in [-0.15, -0.1) is 0 Å². The molecule has 4 rings (SSSR count). The minimum absolute atomic E-state index is 0.0138. The summed E-state index contributed by atoms with van der Waals surface area (Å²) in [4.78, 5) is 19.3. The maximum atomic E-state index is 13.8. The van der Waals surface area contributed by atoms with E-state index in [0.717, 1.165) is 38.0 Å². The van der Waals surface area contributed by atoms with E-state index in [1.54, 1.807) is 10.7 Å². The van der Waals surface area contributed by atoms with Crippen molar-refractivity contribution in [2.75, 3.05) is 18.4 Å². The fourth-order valence-electron chi connectivity index (χ4n) is 3.62. The van der Waals surface area contributed by atoms with Crippen molar-refractivity contribution < 1.29 is 9.18 Å². The van der Waals surface area contributed by atoms with Crippen LogP contribution in [0, 0.1) is 5.82 Å². The average Bonchev–Trinajstić information content (AvgIpc) is 3.08. The third kappa shape index (κ3) is 2.79. The SMILES string of the molecule is CC1=C(C(=O)N2CCCCC2)[C@H](c2cccc(F)c2)n2ncnc2N1. The summed E-state index contributed by atoms with van der Waals surface area (Å²) in [6.07, 6.45) is 4.63. The highest BCUT2D eigenvalue weighted by molar-refractivity contribution is 5.96. The Bertz CT molecular complexity index is 837. The van der Waals surface area contributed by atoms with E-state index in [0.29, 0.717) is 17.1 Å². The minimum Gasteiger partial charge on any atom is -0.339 e. The number of nitrogens with zero attached hydrogens (tertiary/aromatic N) is 4. The Morgan fingerprint density at radius 3 is 2.84 bits per heavy atom. The molecule has 1 atom stereocenters. The van der Waals surface area contributed by atoms with Gasteiger partial charge >= 0.3 is 0 Å². The van der Waals surface area contributed by atoms with Gasteiger partial charge in [-0.1, -0.05) is 12.1 Å². The summed E-state index contributed by atoms with van der Waals surface area (Å²) in [6, 6.07) is 5.85. The van der Waals surface area contributed by atoms with Crippen molar-refractivity contribution in [3.05, 3.63) is 53.2 Å². The van der Waals surface area contributed by atoms with E-state index in [4.69, 9.17) is 0 Å². The Kier molecular flexibility index (Phi) is 3.99. The van der Waals surface area contributed by atoms with Crippen LogP contribution in [-0.4, -0.2) is 38.7 Å². The zero-order chi connectivity index (χ0) is 17.4. The first-order valence-corrected chi connectivity index (χ1v) is 8.57. The van der Waals surface area contributed by atoms with Crippen molar-refractivity contribution >= 4 is 11.9 Å². The first-order valence-electron chi connectivity index (χ1n) is 8.57. The highest BCUT2D eigenvalue weighted by Gasteiger charge is 2.35. The third-order valence-corrected chi connectivity index (χ3v) is 4.83. The number of benzene rings is 1. The molecule has 1 N–H and O–H groups in total. The molecular formula is C18H20FN5O. The van der Waals surface area contributed by atoms with Crippen LogP contribution in [0.25, 0.3) is 0 Å². The molecule has 130 valence electrons. The number of allylic oxidation sites excluding steroid dienone is 1. The van der Waals surface area contributed by atoms with Crippen molar-refractivity contribution in [1.82, 2.24) is 19.7 Å². The van der Waals surface area contributed by atoms with E-state index in [2.05, 4.69) is 15.4 Å². The quantitative estimate of drug-likeness (QED) is 0.912. The number of fused-ring (bicyclic) bond motifs is 1. The molecule has 7 heteroatoms. The summed E-state index contributed by atoms with van der Waals surface area (Å²) in [5.74, 6) is 0.210. The summed E-state index contributed by atoms with van der Waals surface area (Å²) in [7, 11) is 0. The summed E-state index contributed by atoms with van der Waals surface area (Å²) in [5.41, 5.74) is 2.03. The van der Waals surface area contributed by atoms with Gasteiger partial charge in [0.25, 0.3) is 5.91 Å². The van der Waals surface area contributed by atoms with E-state index in [-0.39, 0.29) is 11.7 Å². The second-order valence-electron chi connectivity index (χ2n) is 6.50. The van der Waals surface area contributed by atoms with Gasteiger partial charge in [-0.05, 0) is 43.9 Å². The number of aromatic nitrogens is 3. The minimum atomic E-state index is -0.483. The number of anilines is 1. The molecule has 1 saturated heterocycles. The molecule has 0 aliphatic carbocycles. The van der Waals surface area contributed by atoms with Crippen LogP contribution in [0.1, 0.15) is 37.8 Å². The lowest BCUT2D eigenvalue weighted by Crippen LogP contribution is -2.41. The summed E-state index contributed by atoms with van der Waals surface area (Å²) in [5, 5.41) is 7.42. The smallest absolute Gasteiger partial charge is 0.254 e. The predicted molar refractivity (Wildman–Crippen MR) is 91.3 cm³/mol. The van der Waals surface area contributed by atoms with Crippen LogP contribution >= 0.6 is 0 Å². The van der Waals surface area contributed by atoms with Crippen molar-refractivity contribution in [2.24, 2.45) is 0 Å². The zero-order valence-corrected chi connectivity index (χ0v) is 14.1. The van der Waals surface area contributed by atoms with Crippen LogP contribution in [0.15, 0.2) is 41.9 Å². The van der Waals surface area contributed by atoms with Gasteiger partial charge in [-0.3, -0.25) is 4.79 Å². The molecule has 1 aromatic heterocycles. The van der Waals surface area contributed by atoms with Crippen molar-refractivity contribution in [2.45, 2.75) is 32.2 Å². The molecule has 2 aliphatic rings. The van der Waals surface area contributed by atoms with Crippen LogP contribution in [0.3, 0.4) is 0 Å². The van der Waals surface area contributed by atoms with Gasteiger partial charge in [-0.2, -0.15) is 10.1 Å². The molecule has 6 nitrogen and oxygen atoms in total. The van der Waals surface area contributed by atoms with Gasteiger partial charge in [0.15, 0.2) is 0 Å². The molecule has 0 spiro atoms. The largest absolute Gasteiger partial charge is 0.339 e. The number of carbonyl (C=O) groups excluding carboxylic acids is 1. The molecule has 0 bridgehead atoms. The van der Waals surface area contributed by atoms with Crippen LogP contribution in [-0.2, 0) is 4.79 Å². The van der Waals surface area contributed by atoms with E-state index >= 15 is 0 Å². The van der Waals surface area contributed by atoms with Crippen LogP contribution < -0.4 is 5.32 Å². The molecule has 0 saturated carbocycles. The fraction of sp³-hybridized carbons (Fsp3) is 0.389. The van der Waals surface area contributed by atoms with E-state index in [9.17, 15) is 9.18 Å². The van der Waals surface area contributed by atoms with E-state index in [1.807, 2.05) is 17.9 Å². The number of hydrogen-bond donors (Lipinski definition) is 1. The number of halogens is 1. The van der Waals surface area contributed by atoms with Gasteiger partial charge in [-0.25, -0.2) is 9.07 Å². The summed E-state index contributed by atoms with van der Waals surface area (Å²) >= 11 is 0. The highest BCUT2D eigenvalue weighted by atomic mass is 19.1. The van der Waals surface area contributed by atoms with Crippen LogP contribution in [0.2, 0.25) is 0 Å². The molecule has 3 heterocycles. The lowest BCUT2D eigenvalue weighted by Gasteiger charge is -2.34. The van der Waals surface area contributed by atoms with Crippen LogP contribution in [0.4, 0.5) is 10.3 Å². The number of carbonyl (C=O) groups is 1. The topological polar surface area (TPSA) is 63.1 Å². The summed E-state index contributed by atoms with van der Waals surface area (Å²) < 4.78 is 15.5. The van der Waals surface area contributed by atoms with Crippen molar-refractivity contribution in [1.29, 1.82) is 0 Å². The van der Waals surface area contributed by atoms with E-state index in [1.165, 1.54) is 18.5 Å². The second kappa shape index (κ2) is 6.31.